The Morgan fingerprint density at radius 3 is 1.89 bits per heavy atom. The first-order chi connectivity index (χ1) is 4.31. The van der Waals surface area contributed by atoms with Crippen molar-refractivity contribution in [3.8, 4) is 0 Å². The van der Waals surface area contributed by atoms with E-state index in [1.807, 2.05) is 20.9 Å². The SMILES string of the molecule is CC.CCCC(C)=NC. The Morgan fingerprint density at radius 2 is 1.78 bits per heavy atom. The molecule has 0 bridgehead atoms. The monoisotopic (exact) mass is 129 g/mol. The molecule has 0 aromatic carbocycles. The Balaban J connectivity index is 0. The summed E-state index contributed by atoms with van der Waals surface area (Å²) in [4.78, 5) is 3.99. The number of hydrogen-bond acceptors (Lipinski definition) is 1. The molecule has 0 saturated carbocycles. The topological polar surface area (TPSA) is 12.4 Å². The molecule has 0 saturated heterocycles. The number of nitrogens with zero attached hydrogens (tertiary/aromatic N) is 1. The third-order valence-electron chi connectivity index (χ3n) is 0.994. The van der Waals surface area contributed by atoms with Crippen molar-refractivity contribution in [2.45, 2.75) is 40.5 Å². The summed E-state index contributed by atoms with van der Waals surface area (Å²) in [7, 11) is 1.84. The van der Waals surface area contributed by atoms with E-state index < -0.39 is 0 Å². The van der Waals surface area contributed by atoms with Crippen LogP contribution in [-0.4, -0.2) is 12.8 Å². The van der Waals surface area contributed by atoms with E-state index in [9.17, 15) is 0 Å². The van der Waals surface area contributed by atoms with Crippen molar-refractivity contribution in [2.75, 3.05) is 7.05 Å². The van der Waals surface area contributed by atoms with Gasteiger partial charge < -0.3 is 0 Å². The lowest BCUT2D eigenvalue weighted by molar-refractivity contribution is 0.985. The molecule has 0 spiro atoms. The van der Waals surface area contributed by atoms with Gasteiger partial charge in [-0.2, -0.15) is 0 Å². The predicted octanol–water partition coefficient (Wildman–Crippen LogP) is 2.90. The van der Waals surface area contributed by atoms with E-state index in [1.54, 1.807) is 0 Å². The van der Waals surface area contributed by atoms with Crippen LogP contribution in [0.15, 0.2) is 4.99 Å². The molecule has 0 heterocycles. The van der Waals surface area contributed by atoms with Gasteiger partial charge in [-0.05, 0) is 13.3 Å². The summed E-state index contributed by atoms with van der Waals surface area (Å²) < 4.78 is 0. The average Bonchev–Trinajstić information content (AvgIpc) is 1.93. The van der Waals surface area contributed by atoms with E-state index in [4.69, 9.17) is 0 Å². The van der Waals surface area contributed by atoms with Gasteiger partial charge in [0.2, 0.25) is 0 Å². The highest BCUT2D eigenvalue weighted by atomic mass is 14.7. The first-order valence-corrected chi connectivity index (χ1v) is 3.73. The molecule has 0 fully saturated rings. The molecule has 0 amide bonds. The van der Waals surface area contributed by atoms with Crippen molar-refractivity contribution in [2.24, 2.45) is 4.99 Å². The molecule has 1 heteroatoms. The second-order valence-electron chi connectivity index (χ2n) is 1.71. The van der Waals surface area contributed by atoms with Gasteiger partial charge in [0, 0.05) is 12.8 Å². The fourth-order valence-electron chi connectivity index (χ4n) is 0.474. The van der Waals surface area contributed by atoms with Gasteiger partial charge in [0.25, 0.3) is 0 Å². The molecule has 56 valence electrons. The number of aliphatic imine (C=N–C) groups is 1. The molecule has 0 aromatic rings. The molecule has 0 N–H and O–H groups in total. The summed E-state index contributed by atoms with van der Waals surface area (Å²) in [6.45, 7) is 8.22. The standard InChI is InChI=1S/C6H13N.C2H6/c1-4-5-6(2)7-3;1-2/h4-5H2,1-3H3;1-2H3. The first-order valence-electron chi connectivity index (χ1n) is 3.73. The van der Waals surface area contributed by atoms with Crippen molar-refractivity contribution >= 4 is 5.71 Å². The fraction of sp³-hybridized carbons (Fsp3) is 0.875. The zero-order valence-corrected chi connectivity index (χ0v) is 7.36. The highest BCUT2D eigenvalue weighted by Crippen LogP contribution is 1.88. The molecule has 0 aromatic heterocycles. The highest BCUT2D eigenvalue weighted by molar-refractivity contribution is 5.81. The van der Waals surface area contributed by atoms with Crippen molar-refractivity contribution in [1.29, 1.82) is 0 Å². The third kappa shape index (κ3) is 11.3. The maximum atomic E-state index is 3.99. The van der Waals surface area contributed by atoms with Gasteiger partial charge in [-0.3, -0.25) is 4.99 Å². The summed E-state index contributed by atoms with van der Waals surface area (Å²) >= 11 is 0. The van der Waals surface area contributed by atoms with E-state index in [-0.39, 0.29) is 0 Å². The van der Waals surface area contributed by atoms with Crippen LogP contribution >= 0.6 is 0 Å². The normalized spacial score (nSPS) is 10.1. The van der Waals surface area contributed by atoms with Crippen molar-refractivity contribution in [3.63, 3.8) is 0 Å². The molecule has 0 radical (unpaired) electrons. The van der Waals surface area contributed by atoms with E-state index in [0.717, 1.165) is 6.42 Å². The summed E-state index contributed by atoms with van der Waals surface area (Å²) in [5.41, 5.74) is 1.25. The van der Waals surface area contributed by atoms with Gasteiger partial charge in [0.15, 0.2) is 0 Å². The quantitative estimate of drug-likeness (QED) is 0.508. The molecule has 0 aliphatic carbocycles. The van der Waals surface area contributed by atoms with Crippen LogP contribution in [0.25, 0.3) is 0 Å². The minimum absolute atomic E-state index is 1.15. The zero-order valence-electron chi connectivity index (χ0n) is 7.36. The lowest BCUT2D eigenvalue weighted by atomic mass is 10.2. The number of hydrogen-bond donors (Lipinski definition) is 0. The lowest BCUT2D eigenvalue weighted by Crippen LogP contribution is -1.86. The van der Waals surface area contributed by atoms with Gasteiger partial charge in [-0.15, -0.1) is 0 Å². The largest absolute Gasteiger partial charge is 0.298 e. The Bertz CT molecular complexity index is 65.0. The Kier molecular flexibility index (Phi) is 13.5. The molecule has 0 aliphatic rings. The van der Waals surface area contributed by atoms with Crippen LogP contribution in [0.2, 0.25) is 0 Å². The smallest absolute Gasteiger partial charge is 0.0276 e. The first kappa shape index (κ1) is 11.5. The highest BCUT2D eigenvalue weighted by Gasteiger charge is 1.81. The second-order valence-corrected chi connectivity index (χ2v) is 1.71. The van der Waals surface area contributed by atoms with Gasteiger partial charge >= 0.3 is 0 Å². The van der Waals surface area contributed by atoms with Crippen LogP contribution in [0.1, 0.15) is 40.5 Å². The van der Waals surface area contributed by atoms with Gasteiger partial charge in [0.05, 0.1) is 0 Å². The van der Waals surface area contributed by atoms with E-state index >= 15 is 0 Å². The van der Waals surface area contributed by atoms with Crippen molar-refractivity contribution in [1.82, 2.24) is 0 Å². The Morgan fingerprint density at radius 1 is 1.33 bits per heavy atom. The summed E-state index contributed by atoms with van der Waals surface area (Å²) in [5.74, 6) is 0. The Hall–Kier alpha value is -0.330. The molecule has 9 heavy (non-hydrogen) atoms. The maximum absolute atomic E-state index is 3.99. The fourth-order valence-corrected chi connectivity index (χ4v) is 0.474. The van der Waals surface area contributed by atoms with Crippen LogP contribution in [0.5, 0.6) is 0 Å². The van der Waals surface area contributed by atoms with E-state index in [2.05, 4.69) is 18.8 Å². The van der Waals surface area contributed by atoms with Gasteiger partial charge in [-0.1, -0.05) is 27.2 Å². The van der Waals surface area contributed by atoms with Crippen molar-refractivity contribution in [3.05, 3.63) is 0 Å². The van der Waals surface area contributed by atoms with E-state index in [0.29, 0.717) is 0 Å². The van der Waals surface area contributed by atoms with Crippen LogP contribution in [0, 0.1) is 0 Å². The average molecular weight is 129 g/mol. The van der Waals surface area contributed by atoms with Crippen LogP contribution in [0.3, 0.4) is 0 Å². The lowest BCUT2D eigenvalue weighted by Gasteiger charge is -1.89. The molecule has 0 atom stereocenters. The van der Waals surface area contributed by atoms with Gasteiger partial charge in [0.1, 0.15) is 0 Å². The van der Waals surface area contributed by atoms with Crippen molar-refractivity contribution < 1.29 is 0 Å². The van der Waals surface area contributed by atoms with Crippen LogP contribution in [0.4, 0.5) is 0 Å². The van der Waals surface area contributed by atoms with Crippen LogP contribution in [-0.2, 0) is 0 Å². The summed E-state index contributed by atoms with van der Waals surface area (Å²) in [6, 6.07) is 0. The predicted molar refractivity (Wildman–Crippen MR) is 45.3 cm³/mol. The zero-order chi connectivity index (χ0) is 7.70. The van der Waals surface area contributed by atoms with Crippen LogP contribution < -0.4 is 0 Å². The molecule has 1 nitrogen and oxygen atoms in total. The molecule has 0 aliphatic heterocycles. The van der Waals surface area contributed by atoms with Gasteiger partial charge in [-0.25, -0.2) is 0 Å². The summed E-state index contributed by atoms with van der Waals surface area (Å²) in [5, 5.41) is 0. The minimum Gasteiger partial charge on any atom is -0.298 e. The number of rotatable bonds is 2. The maximum Gasteiger partial charge on any atom is 0.0276 e. The van der Waals surface area contributed by atoms with E-state index in [1.165, 1.54) is 12.1 Å². The second kappa shape index (κ2) is 10.6. The molecule has 0 unspecified atom stereocenters. The minimum atomic E-state index is 1.15. The molecular formula is C8H19N. The Labute approximate surface area is 59.2 Å². The summed E-state index contributed by atoms with van der Waals surface area (Å²) in [6.07, 6.45) is 2.36. The molecule has 0 rings (SSSR count). The molecular weight excluding hydrogens is 110 g/mol. The third-order valence-corrected chi connectivity index (χ3v) is 0.994.